The van der Waals surface area contributed by atoms with Gasteiger partial charge in [-0.2, -0.15) is 13.5 Å². The van der Waals surface area contributed by atoms with Crippen molar-refractivity contribution in [2.24, 2.45) is 9.50 Å². The lowest BCUT2D eigenvalue weighted by atomic mass is 10.2. The average molecular weight is 379 g/mol. The predicted molar refractivity (Wildman–Crippen MR) is 93.6 cm³/mol. The van der Waals surface area contributed by atoms with Crippen LogP contribution in [0.15, 0.2) is 56.9 Å². The summed E-state index contributed by atoms with van der Waals surface area (Å²) in [6, 6.07) is 10.5. The third-order valence-corrected chi connectivity index (χ3v) is 5.02. The van der Waals surface area contributed by atoms with E-state index in [0.29, 0.717) is 5.02 Å². The molecule has 3 rings (SSSR count). The highest BCUT2D eigenvalue weighted by Gasteiger charge is 2.32. The van der Waals surface area contributed by atoms with E-state index >= 15 is 0 Å². The van der Waals surface area contributed by atoms with Crippen LogP contribution in [0.1, 0.15) is 11.1 Å². The van der Waals surface area contributed by atoms with Gasteiger partial charge in [-0.15, -0.1) is 4.40 Å². The Kier molecular flexibility index (Phi) is 4.27. The molecular weight excluding hydrogens is 368 g/mol. The molecule has 0 saturated carbocycles. The number of sulfonamides is 1. The highest BCUT2D eigenvalue weighted by Crippen LogP contribution is 2.30. The van der Waals surface area contributed by atoms with Crippen molar-refractivity contribution in [3.63, 3.8) is 0 Å². The Balaban J connectivity index is 1.94. The summed E-state index contributed by atoms with van der Waals surface area (Å²) in [4.78, 5) is 9.98. The van der Waals surface area contributed by atoms with Gasteiger partial charge < -0.3 is 0 Å². The molecule has 10 heteroatoms. The monoisotopic (exact) mass is 378 g/mol. The van der Waals surface area contributed by atoms with E-state index in [4.69, 9.17) is 11.6 Å². The Morgan fingerprint density at radius 2 is 1.92 bits per heavy atom. The molecule has 1 aliphatic heterocycles. The standard InChI is InChI=1S/C15H11ClN4O4S/c1-19(17-9-10-2-4-11(16)5-3-10)15-13-7-6-12(20(21)22)8-14(13)25(23,24)18-15/h2-9H,1H3/b17-9+. The summed E-state index contributed by atoms with van der Waals surface area (Å²) in [5, 5.41) is 16.9. The van der Waals surface area contributed by atoms with Crippen LogP contribution in [-0.2, 0) is 10.0 Å². The molecule has 0 aromatic heterocycles. The van der Waals surface area contributed by atoms with Crippen molar-refractivity contribution in [2.45, 2.75) is 4.90 Å². The van der Waals surface area contributed by atoms with Crippen LogP contribution >= 0.6 is 11.6 Å². The number of nitro groups is 1. The molecule has 0 aliphatic carbocycles. The van der Waals surface area contributed by atoms with Gasteiger partial charge in [0.2, 0.25) is 0 Å². The molecule has 2 aromatic carbocycles. The van der Waals surface area contributed by atoms with E-state index in [-0.39, 0.29) is 22.0 Å². The summed E-state index contributed by atoms with van der Waals surface area (Å²) in [6.45, 7) is 0. The van der Waals surface area contributed by atoms with Gasteiger partial charge in [0.05, 0.1) is 11.1 Å². The van der Waals surface area contributed by atoms with Crippen molar-refractivity contribution in [1.29, 1.82) is 0 Å². The number of benzene rings is 2. The van der Waals surface area contributed by atoms with Gasteiger partial charge in [-0.3, -0.25) is 10.1 Å². The maximum atomic E-state index is 12.2. The maximum absolute atomic E-state index is 12.2. The second-order valence-electron chi connectivity index (χ2n) is 5.15. The smallest absolute Gasteiger partial charge is 0.258 e. The lowest BCUT2D eigenvalue weighted by Gasteiger charge is -2.12. The van der Waals surface area contributed by atoms with Crippen LogP contribution in [-0.4, -0.2) is 37.4 Å². The molecule has 2 aromatic rings. The largest absolute Gasteiger partial charge is 0.285 e. The van der Waals surface area contributed by atoms with Crippen molar-refractivity contribution in [3.05, 3.63) is 68.7 Å². The van der Waals surface area contributed by atoms with Crippen LogP contribution in [0, 0.1) is 10.1 Å². The third kappa shape index (κ3) is 3.37. The second-order valence-corrected chi connectivity index (χ2v) is 7.16. The minimum Gasteiger partial charge on any atom is -0.258 e. The third-order valence-electron chi connectivity index (χ3n) is 3.46. The predicted octanol–water partition coefficient (Wildman–Crippen LogP) is 2.66. The fraction of sp³-hybridized carbons (Fsp3) is 0.0667. The zero-order valence-electron chi connectivity index (χ0n) is 12.8. The van der Waals surface area contributed by atoms with Gasteiger partial charge in [0.15, 0.2) is 5.84 Å². The van der Waals surface area contributed by atoms with Crippen LogP contribution in [0.25, 0.3) is 0 Å². The number of hydrazone groups is 1. The van der Waals surface area contributed by atoms with E-state index in [0.717, 1.165) is 11.6 Å². The first-order chi connectivity index (χ1) is 11.8. The van der Waals surface area contributed by atoms with Crippen LogP contribution in [0.5, 0.6) is 0 Å². The van der Waals surface area contributed by atoms with Gasteiger partial charge in [0, 0.05) is 29.8 Å². The molecule has 0 N–H and O–H groups in total. The molecule has 1 heterocycles. The van der Waals surface area contributed by atoms with Crippen LogP contribution in [0.4, 0.5) is 5.69 Å². The maximum Gasteiger partial charge on any atom is 0.285 e. The number of rotatable bonds is 3. The Morgan fingerprint density at radius 3 is 2.56 bits per heavy atom. The number of amidine groups is 1. The summed E-state index contributed by atoms with van der Waals surface area (Å²) >= 11 is 5.81. The van der Waals surface area contributed by atoms with Crippen molar-refractivity contribution < 1.29 is 13.3 Å². The summed E-state index contributed by atoms with van der Waals surface area (Å²) in [6.07, 6.45) is 1.52. The van der Waals surface area contributed by atoms with Gasteiger partial charge in [-0.1, -0.05) is 23.7 Å². The zero-order valence-corrected chi connectivity index (χ0v) is 14.4. The number of halogens is 1. The second kappa shape index (κ2) is 6.26. The van der Waals surface area contributed by atoms with Crippen LogP contribution in [0.3, 0.4) is 0 Å². The van der Waals surface area contributed by atoms with E-state index in [9.17, 15) is 18.5 Å². The van der Waals surface area contributed by atoms with Gasteiger partial charge >= 0.3 is 0 Å². The number of non-ortho nitro benzene ring substituents is 1. The van der Waals surface area contributed by atoms with Crippen molar-refractivity contribution in [3.8, 4) is 0 Å². The Hall–Kier alpha value is -2.78. The molecule has 0 atom stereocenters. The minimum atomic E-state index is -3.99. The van der Waals surface area contributed by atoms with Crippen molar-refractivity contribution in [2.75, 3.05) is 7.05 Å². The van der Waals surface area contributed by atoms with Gasteiger partial charge in [-0.05, 0) is 23.8 Å². The van der Waals surface area contributed by atoms with E-state index in [1.54, 1.807) is 24.3 Å². The molecule has 0 bridgehead atoms. The molecule has 0 radical (unpaired) electrons. The first-order valence-electron chi connectivity index (χ1n) is 6.95. The zero-order chi connectivity index (χ0) is 18.2. The number of hydrogen-bond acceptors (Lipinski definition) is 6. The van der Waals surface area contributed by atoms with Gasteiger partial charge in [0.25, 0.3) is 15.7 Å². The Labute approximate surface area is 148 Å². The molecular formula is C15H11ClN4O4S. The first-order valence-corrected chi connectivity index (χ1v) is 8.77. The van der Waals surface area contributed by atoms with E-state index in [1.807, 2.05) is 0 Å². The first kappa shape index (κ1) is 17.1. The number of fused-ring (bicyclic) bond motifs is 1. The van der Waals surface area contributed by atoms with E-state index in [1.165, 1.54) is 30.4 Å². The average Bonchev–Trinajstić information content (AvgIpc) is 2.85. The Bertz CT molecular complexity index is 1020. The summed E-state index contributed by atoms with van der Waals surface area (Å²) in [5.74, 6) is 0.0927. The van der Waals surface area contributed by atoms with Crippen LogP contribution in [0.2, 0.25) is 5.02 Å². The summed E-state index contributed by atoms with van der Waals surface area (Å²) < 4.78 is 28.0. The molecule has 1 aliphatic rings. The topological polar surface area (TPSA) is 105 Å². The lowest BCUT2D eigenvalue weighted by molar-refractivity contribution is -0.385. The molecule has 0 unspecified atom stereocenters. The van der Waals surface area contributed by atoms with Gasteiger partial charge in [-0.25, -0.2) is 5.01 Å². The molecule has 0 spiro atoms. The number of nitrogens with zero attached hydrogens (tertiary/aromatic N) is 4. The fourth-order valence-corrected chi connectivity index (χ4v) is 3.60. The molecule has 0 amide bonds. The van der Waals surface area contributed by atoms with Gasteiger partial charge in [0.1, 0.15) is 4.90 Å². The van der Waals surface area contributed by atoms with Crippen molar-refractivity contribution in [1.82, 2.24) is 5.01 Å². The van der Waals surface area contributed by atoms with E-state index < -0.39 is 14.9 Å². The molecule has 25 heavy (non-hydrogen) atoms. The number of nitro benzene ring substituents is 1. The summed E-state index contributed by atoms with van der Waals surface area (Å²) in [7, 11) is -2.45. The normalized spacial score (nSPS) is 15.0. The lowest BCUT2D eigenvalue weighted by Crippen LogP contribution is -2.21. The fourth-order valence-electron chi connectivity index (χ4n) is 2.23. The highest BCUT2D eigenvalue weighted by molar-refractivity contribution is 7.90. The number of hydrogen-bond donors (Lipinski definition) is 0. The molecule has 0 fully saturated rings. The minimum absolute atomic E-state index is 0.0927. The quantitative estimate of drug-likeness (QED) is 0.463. The molecule has 128 valence electrons. The SMILES string of the molecule is CN(/N=C/c1ccc(Cl)cc1)C1=NS(=O)(=O)c2cc([N+](=O)[O-])ccc21. The summed E-state index contributed by atoms with van der Waals surface area (Å²) in [5.41, 5.74) is 0.717. The highest BCUT2D eigenvalue weighted by atomic mass is 35.5. The Morgan fingerprint density at radius 1 is 1.24 bits per heavy atom. The van der Waals surface area contributed by atoms with E-state index in [2.05, 4.69) is 9.50 Å². The molecule has 8 nitrogen and oxygen atoms in total. The van der Waals surface area contributed by atoms with Crippen molar-refractivity contribution >= 4 is 39.4 Å². The molecule has 0 saturated heterocycles. The van der Waals surface area contributed by atoms with Crippen LogP contribution < -0.4 is 0 Å².